The lowest BCUT2D eigenvalue weighted by Crippen LogP contribution is -1.51. The van der Waals surface area contributed by atoms with Crippen molar-refractivity contribution in [1.29, 1.82) is 0 Å². The largest absolute Gasteiger partial charge is 0.373 e. The predicted octanol–water partition coefficient (Wildman–Crippen LogP) is 1.78. The molecular weight excluding hydrogens is 116 g/mol. The Balaban J connectivity index is 0. The van der Waals surface area contributed by atoms with Crippen LogP contribution in [0.5, 0.6) is 0 Å². The SMILES string of the molecule is CC/C=C\CC.O=C=O. The second kappa shape index (κ2) is 15.7. The molecule has 2 nitrogen and oxygen atoms in total. The van der Waals surface area contributed by atoms with Gasteiger partial charge in [-0.25, -0.2) is 0 Å². The molecule has 2 heteroatoms. The Bertz CT molecular complexity index is 83.1. The number of hydrogen-bond donors (Lipinski definition) is 0. The number of allylic oxidation sites excluding steroid dienone is 2. The minimum Gasteiger partial charge on any atom is -0.186 e. The van der Waals surface area contributed by atoms with Gasteiger partial charge >= 0.3 is 6.15 Å². The van der Waals surface area contributed by atoms with Crippen molar-refractivity contribution in [3.05, 3.63) is 12.2 Å². The summed E-state index contributed by atoms with van der Waals surface area (Å²) in [5.41, 5.74) is 0. The molecule has 0 heterocycles. The number of carbonyl (C=O) groups excluding carboxylic acids is 2. The van der Waals surface area contributed by atoms with Gasteiger partial charge in [-0.2, -0.15) is 9.59 Å². The van der Waals surface area contributed by atoms with Crippen LogP contribution in [-0.4, -0.2) is 6.15 Å². The summed E-state index contributed by atoms with van der Waals surface area (Å²) in [5, 5.41) is 0. The molecule has 0 unspecified atom stereocenters. The fourth-order valence-corrected chi connectivity index (χ4v) is 0.333. The Hall–Kier alpha value is -0.880. The van der Waals surface area contributed by atoms with Crippen LogP contribution in [-0.2, 0) is 9.59 Å². The van der Waals surface area contributed by atoms with Gasteiger partial charge < -0.3 is 0 Å². The topological polar surface area (TPSA) is 34.1 Å². The van der Waals surface area contributed by atoms with E-state index in [-0.39, 0.29) is 6.15 Å². The van der Waals surface area contributed by atoms with Crippen molar-refractivity contribution in [3.63, 3.8) is 0 Å². The van der Waals surface area contributed by atoms with Crippen molar-refractivity contribution in [2.75, 3.05) is 0 Å². The molecule has 0 aromatic rings. The fraction of sp³-hybridized carbons (Fsp3) is 0.571. The first-order chi connectivity index (χ1) is 4.33. The third-order valence-electron chi connectivity index (χ3n) is 0.638. The van der Waals surface area contributed by atoms with Crippen LogP contribution in [0, 0.1) is 0 Å². The van der Waals surface area contributed by atoms with Crippen LogP contribution in [0.1, 0.15) is 26.7 Å². The second-order valence-corrected chi connectivity index (χ2v) is 1.37. The van der Waals surface area contributed by atoms with Gasteiger partial charge in [-0.1, -0.05) is 26.0 Å². The molecule has 9 heavy (non-hydrogen) atoms. The van der Waals surface area contributed by atoms with E-state index in [9.17, 15) is 0 Å². The molecule has 0 aromatic heterocycles. The van der Waals surface area contributed by atoms with Gasteiger partial charge in [0.25, 0.3) is 0 Å². The first kappa shape index (κ1) is 11.0. The maximum absolute atomic E-state index is 8.12. The predicted molar refractivity (Wildman–Crippen MR) is 34.7 cm³/mol. The summed E-state index contributed by atoms with van der Waals surface area (Å²) in [5.74, 6) is 0. The summed E-state index contributed by atoms with van der Waals surface area (Å²) >= 11 is 0. The molecule has 52 valence electrons. The van der Waals surface area contributed by atoms with Crippen molar-refractivity contribution >= 4 is 6.15 Å². The number of hydrogen-bond acceptors (Lipinski definition) is 2. The van der Waals surface area contributed by atoms with E-state index in [2.05, 4.69) is 26.0 Å². The van der Waals surface area contributed by atoms with E-state index in [4.69, 9.17) is 9.59 Å². The Morgan fingerprint density at radius 1 is 1.11 bits per heavy atom. The summed E-state index contributed by atoms with van der Waals surface area (Å²) in [4.78, 5) is 16.2. The van der Waals surface area contributed by atoms with E-state index in [1.807, 2.05) is 0 Å². The fourth-order valence-electron chi connectivity index (χ4n) is 0.333. The van der Waals surface area contributed by atoms with Crippen molar-refractivity contribution < 1.29 is 9.59 Å². The van der Waals surface area contributed by atoms with Gasteiger partial charge in [0, 0.05) is 0 Å². The molecule has 0 atom stereocenters. The van der Waals surface area contributed by atoms with Gasteiger partial charge in [-0.3, -0.25) is 0 Å². The molecule has 0 bridgehead atoms. The van der Waals surface area contributed by atoms with Crippen LogP contribution in [0.25, 0.3) is 0 Å². The average molecular weight is 128 g/mol. The van der Waals surface area contributed by atoms with Crippen molar-refractivity contribution in [2.45, 2.75) is 26.7 Å². The lowest BCUT2D eigenvalue weighted by atomic mass is 10.4. The summed E-state index contributed by atoms with van der Waals surface area (Å²) in [7, 11) is 0. The quantitative estimate of drug-likeness (QED) is 0.531. The van der Waals surface area contributed by atoms with Gasteiger partial charge in [0.05, 0.1) is 0 Å². The maximum Gasteiger partial charge on any atom is 0.373 e. The third kappa shape index (κ3) is 41.5. The molecule has 0 fully saturated rings. The zero-order chi connectivity index (χ0) is 7.54. The van der Waals surface area contributed by atoms with Gasteiger partial charge in [-0.15, -0.1) is 0 Å². The minimum atomic E-state index is 0.250. The van der Waals surface area contributed by atoms with Crippen LogP contribution in [0.4, 0.5) is 0 Å². The van der Waals surface area contributed by atoms with E-state index in [1.54, 1.807) is 0 Å². The van der Waals surface area contributed by atoms with Crippen LogP contribution < -0.4 is 0 Å². The van der Waals surface area contributed by atoms with Gasteiger partial charge in [-0.05, 0) is 12.8 Å². The van der Waals surface area contributed by atoms with Crippen LogP contribution in [0.3, 0.4) is 0 Å². The first-order valence-electron chi connectivity index (χ1n) is 2.97. The first-order valence-corrected chi connectivity index (χ1v) is 2.97. The average Bonchev–Trinajstić information content (AvgIpc) is 1.86. The molecule has 0 aliphatic heterocycles. The molecule has 0 rings (SSSR count). The molecule has 0 aliphatic carbocycles. The molecule has 0 spiro atoms. The molecule has 0 radical (unpaired) electrons. The van der Waals surface area contributed by atoms with Crippen LogP contribution >= 0.6 is 0 Å². The zero-order valence-electron chi connectivity index (χ0n) is 5.89. The van der Waals surface area contributed by atoms with Crippen molar-refractivity contribution in [2.24, 2.45) is 0 Å². The van der Waals surface area contributed by atoms with E-state index in [0.717, 1.165) is 0 Å². The van der Waals surface area contributed by atoms with Crippen molar-refractivity contribution in [1.82, 2.24) is 0 Å². The summed E-state index contributed by atoms with van der Waals surface area (Å²) in [6, 6.07) is 0. The summed E-state index contributed by atoms with van der Waals surface area (Å²) in [6.45, 7) is 4.29. The lowest BCUT2D eigenvalue weighted by Gasteiger charge is -1.72. The van der Waals surface area contributed by atoms with Crippen LogP contribution in [0.2, 0.25) is 0 Å². The van der Waals surface area contributed by atoms with Crippen molar-refractivity contribution in [3.8, 4) is 0 Å². The highest BCUT2D eigenvalue weighted by molar-refractivity contribution is 5.20. The molecule has 0 saturated carbocycles. The third-order valence-corrected chi connectivity index (χ3v) is 0.638. The molecular formula is C7H12O2. The molecule has 0 aromatic carbocycles. The normalized spacial score (nSPS) is 7.78. The van der Waals surface area contributed by atoms with E-state index in [1.165, 1.54) is 12.8 Å². The molecule has 0 aliphatic rings. The Morgan fingerprint density at radius 2 is 1.33 bits per heavy atom. The van der Waals surface area contributed by atoms with Crippen LogP contribution in [0.15, 0.2) is 12.2 Å². The van der Waals surface area contributed by atoms with E-state index in [0.29, 0.717) is 0 Å². The molecule has 0 amide bonds. The van der Waals surface area contributed by atoms with E-state index < -0.39 is 0 Å². The highest BCUT2D eigenvalue weighted by atomic mass is 16.2. The smallest absolute Gasteiger partial charge is 0.186 e. The number of rotatable bonds is 2. The van der Waals surface area contributed by atoms with Gasteiger partial charge in [0.15, 0.2) is 0 Å². The molecule has 0 N–H and O–H groups in total. The zero-order valence-corrected chi connectivity index (χ0v) is 5.89. The standard InChI is InChI=1S/C6H12.CO2/c1-3-5-6-4-2;2-1-3/h5-6H,3-4H2,1-2H3;/b6-5-;. The Labute approximate surface area is 55.6 Å². The van der Waals surface area contributed by atoms with E-state index >= 15 is 0 Å². The monoisotopic (exact) mass is 128 g/mol. The Kier molecular flexibility index (Phi) is 19.2. The summed E-state index contributed by atoms with van der Waals surface area (Å²) in [6.07, 6.45) is 6.96. The maximum atomic E-state index is 8.12. The summed E-state index contributed by atoms with van der Waals surface area (Å²) < 4.78 is 0. The highest BCUT2D eigenvalue weighted by Crippen LogP contribution is 1.81. The Morgan fingerprint density at radius 3 is 1.44 bits per heavy atom. The second-order valence-electron chi connectivity index (χ2n) is 1.37. The van der Waals surface area contributed by atoms with Gasteiger partial charge in [0.2, 0.25) is 0 Å². The van der Waals surface area contributed by atoms with Gasteiger partial charge in [0.1, 0.15) is 0 Å². The highest BCUT2D eigenvalue weighted by Gasteiger charge is 1.60. The lowest BCUT2D eigenvalue weighted by molar-refractivity contribution is -0.191. The minimum absolute atomic E-state index is 0.250. The molecule has 0 saturated heterocycles.